The molecule has 1 aromatic rings. The molecule has 0 aliphatic rings. The number of nitrogens with zero attached hydrogens (tertiary/aromatic N) is 1. The van der Waals surface area contributed by atoms with Gasteiger partial charge in [0, 0.05) is 17.0 Å². The fourth-order valence-corrected chi connectivity index (χ4v) is 0.622. The first-order valence-electron chi connectivity index (χ1n) is 2.12. The van der Waals surface area contributed by atoms with Gasteiger partial charge in [-0.15, -0.1) is 4.89 Å². The summed E-state index contributed by atoms with van der Waals surface area (Å²) in [7, 11) is -2.59. The number of nitrogens with one attached hydrogen (secondary N) is 1. The molecular formula is C3H4N2O3P+. The molecule has 0 fully saturated rings. The van der Waals surface area contributed by atoms with E-state index < -0.39 is 8.25 Å². The largest absolute Gasteiger partial charge is 0.750 e. The van der Waals surface area contributed by atoms with Crippen molar-refractivity contribution in [2.75, 3.05) is 0 Å². The molecule has 0 aliphatic carbocycles. The van der Waals surface area contributed by atoms with Gasteiger partial charge in [-0.3, -0.25) is 0 Å². The van der Waals surface area contributed by atoms with Gasteiger partial charge in [0.2, 0.25) is 0 Å². The number of hydrogen-bond acceptors (Lipinski definition) is 3. The van der Waals surface area contributed by atoms with Crippen LogP contribution in [0.2, 0.25) is 0 Å². The molecule has 5 nitrogen and oxygen atoms in total. The third-order valence-corrected chi connectivity index (χ3v) is 0.967. The lowest BCUT2D eigenvalue weighted by Gasteiger charge is -1.76. The van der Waals surface area contributed by atoms with Gasteiger partial charge in [-0.25, -0.2) is 0 Å². The highest BCUT2D eigenvalue weighted by atomic mass is 31.1. The third kappa shape index (κ3) is 1.79. The first-order chi connectivity index (χ1) is 4.29. The van der Waals surface area contributed by atoms with Crippen molar-refractivity contribution < 1.29 is 14.0 Å². The van der Waals surface area contributed by atoms with Crippen molar-refractivity contribution in [1.82, 2.24) is 9.97 Å². The van der Waals surface area contributed by atoms with Crippen LogP contribution in [-0.4, -0.2) is 14.9 Å². The molecule has 0 amide bonds. The number of aromatic amines is 1. The number of aromatic nitrogens is 2. The monoisotopic (exact) mass is 147 g/mol. The predicted molar refractivity (Wildman–Crippen MR) is 29.0 cm³/mol. The predicted octanol–water partition coefficient (Wildman–Crippen LogP) is 0.438. The maximum absolute atomic E-state index is 9.93. The molecule has 48 valence electrons. The number of H-pyrrole nitrogens is 1. The average molecular weight is 147 g/mol. The standard InChI is InChI=1S/C3H3N2O3P/c6-9(7)8-3-4-1-2-5-3/h1-2H,(H-,4,5,6,7)/p+1. The molecule has 0 aliphatic heterocycles. The van der Waals surface area contributed by atoms with Gasteiger partial charge in [-0.1, -0.05) is 0 Å². The van der Waals surface area contributed by atoms with E-state index >= 15 is 0 Å². The SMILES string of the molecule is O=[P+](O)Oc1ncc[nH]1. The van der Waals surface area contributed by atoms with Gasteiger partial charge in [0.15, 0.2) is 0 Å². The molecule has 0 aromatic carbocycles. The Morgan fingerprint density at radius 2 is 2.67 bits per heavy atom. The molecule has 9 heavy (non-hydrogen) atoms. The summed E-state index contributed by atoms with van der Waals surface area (Å²) in [4.78, 5) is 14.2. The summed E-state index contributed by atoms with van der Waals surface area (Å²) >= 11 is 0. The minimum Gasteiger partial charge on any atom is -0.311 e. The van der Waals surface area contributed by atoms with E-state index in [0.717, 1.165) is 0 Å². The fourth-order valence-electron chi connectivity index (χ4n) is 0.375. The summed E-state index contributed by atoms with van der Waals surface area (Å²) in [6.07, 6.45) is 2.92. The first kappa shape index (κ1) is 6.19. The Balaban J connectivity index is 2.58. The van der Waals surface area contributed by atoms with Gasteiger partial charge in [0.05, 0.1) is 0 Å². The summed E-state index contributed by atoms with van der Waals surface area (Å²) < 4.78 is 14.2. The van der Waals surface area contributed by atoms with Crippen LogP contribution in [0, 0.1) is 0 Å². The fraction of sp³-hybridized carbons (Fsp3) is 0. The minimum atomic E-state index is -2.59. The van der Waals surface area contributed by atoms with E-state index in [1.54, 1.807) is 0 Å². The van der Waals surface area contributed by atoms with Crippen molar-refractivity contribution in [3.63, 3.8) is 0 Å². The molecule has 0 saturated heterocycles. The van der Waals surface area contributed by atoms with E-state index in [0.29, 0.717) is 0 Å². The van der Waals surface area contributed by atoms with Gasteiger partial charge in [0.25, 0.3) is 0 Å². The Morgan fingerprint density at radius 1 is 1.89 bits per heavy atom. The van der Waals surface area contributed by atoms with E-state index in [1.165, 1.54) is 12.4 Å². The van der Waals surface area contributed by atoms with Crippen LogP contribution in [0.3, 0.4) is 0 Å². The highest BCUT2D eigenvalue weighted by molar-refractivity contribution is 7.32. The van der Waals surface area contributed by atoms with Crippen LogP contribution in [0.15, 0.2) is 12.4 Å². The zero-order valence-corrected chi connectivity index (χ0v) is 5.21. The van der Waals surface area contributed by atoms with E-state index in [9.17, 15) is 4.57 Å². The number of rotatable bonds is 2. The van der Waals surface area contributed by atoms with Gasteiger partial charge in [-0.2, -0.15) is 9.51 Å². The zero-order valence-electron chi connectivity index (χ0n) is 4.31. The molecular weight excluding hydrogens is 143 g/mol. The van der Waals surface area contributed by atoms with Crippen LogP contribution in [0.5, 0.6) is 6.01 Å². The van der Waals surface area contributed by atoms with Crippen LogP contribution >= 0.6 is 8.25 Å². The molecule has 0 spiro atoms. The molecule has 1 rings (SSSR count). The van der Waals surface area contributed by atoms with Gasteiger partial charge >= 0.3 is 14.3 Å². The lowest BCUT2D eigenvalue weighted by molar-refractivity contribution is 0.398. The second-order valence-electron chi connectivity index (χ2n) is 1.22. The van der Waals surface area contributed by atoms with Crippen molar-refractivity contribution >= 4 is 8.25 Å². The van der Waals surface area contributed by atoms with Crippen molar-refractivity contribution in [3.05, 3.63) is 12.4 Å². The molecule has 0 radical (unpaired) electrons. The highest BCUT2D eigenvalue weighted by Gasteiger charge is 2.15. The maximum Gasteiger partial charge on any atom is 0.750 e. The molecule has 1 unspecified atom stereocenters. The van der Waals surface area contributed by atoms with Crippen LogP contribution < -0.4 is 4.52 Å². The average Bonchev–Trinajstić information content (AvgIpc) is 2.15. The lowest BCUT2D eigenvalue weighted by Crippen LogP contribution is -1.80. The minimum absolute atomic E-state index is 0.0543. The zero-order chi connectivity index (χ0) is 6.69. The molecule has 6 heteroatoms. The first-order valence-corrected chi connectivity index (χ1v) is 3.25. The van der Waals surface area contributed by atoms with Gasteiger partial charge in [0.1, 0.15) is 0 Å². The second-order valence-corrected chi connectivity index (χ2v) is 1.88. The third-order valence-electron chi connectivity index (χ3n) is 0.638. The van der Waals surface area contributed by atoms with Gasteiger partial charge < -0.3 is 4.98 Å². The van der Waals surface area contributed by atoms with Crippen molar-refractivity contribution in [1.29, 1.82) is 0 Å². The van der Waals surface area contributed by atoms with Crippen LogP contribution in [0.4, 0.5) is 0 Å². The van der Waals surface area contributed by atoms with E-state index in [1.807, 2.05) is 0 Å². The smallest absolute Gasteiger partial charge is 0.311 e. The van der Waals surface area contributed by atoms with Crippen molar-refractivity contribution in [2.24, 2.45) is 0 Å². The summed E-state index contributed by atoms with van der Waals surface area (Å²) in [5.41, 5.74) is 0. The van der Waals surface area contributed by atoms with E-state index in [-0.39, 0.29) is 6.01 Å². The molecule has 0 saturated carbocycles. The quantitative estimate of drug-likeness (QED) is 0.595. The second kappa shape index (κ2) is 2.57. The maximum atomic E-state index is 9.93. The van der Waals surface area contributed by atoms with Gasteiger partial charge in [-0.05, 0) is 0 Å². The molecule has 1 aromatic heterocycles. The summed E-state index contributed by atoms with van der Waals surface area (Å²) in [6, 6.07) is 0.0543. The molecule has 2 N–H and O–H groups in total. The molecule has 0 bridgehead atoms. The summed E-state index contributed by atoms with van der Waals surface area (Å²) in [5.74, 6) is 0. The van der Waals surface area contributed by atoms with Crippen LogP contribution in [0.1, 0.15) is 0 Å². The Morgan fingerprint density at radius 3 is 3.11 bits per heavy atom. The Labute approximate surface area is 51.6 Å². The Hall–Kier alpha value is -0.930. The van der Waals surface area contributed by atoms with Crippen LogP contribution in [0.25, 0.3) is 0 Å². The summed E-state index contributed by atoms with van der Waals surface area (Å²) in [5, 5.41) is 0. The topological polar surface area (TPSA) is 75.2 Å². The lowest BCUT2D eigenvalue weighted by atomic mass is 11.0. The Bertz CT molecular complexity index is 197. The highest BCUT2D eigenvalue weighted by Crippen LogP contribution is 2.16. The molecule has 1 heterocycles. The van der Waals surface area contributed by atoms with Crippen molar-refractivity contribution in [2.45, 2.75) is 0 Å². The molecule has 1 atom stereocenters. The van der Waals surface area contributed by atoms with E-state index in [4.69, 9.17) is 4.89 Å². The van der Waals surface area contributed by atoms with Crippen LogP contribution in [-0.2, 0) is 4.57 Å². The normalized spacial score (nSPS) is 11.0. The number of hydrogen-bond donors (Lipinski definition) is 2. The Kier molecular flexibility index (Phi) is 1.77. The number of imidazole rings is 1. The van der Waals surface area contributed by atoms with Crippen molar-refractivity contribution in [3.8, 4) is 6.01 Å². The summed E-state index contributed by atoms with van der Waals surface area (Å²) in [6.45, 7) is 0. The van der Waals surface area contributed by atoms with E-state index in [2.05, 4.69) is 14.5 Å².